The molecule has 1 unspecified atom stereocenters. The molecule has 0 aliphatic rings. The Kier molecular flexibility index (Phi) is 6.43. The molecule has 4 rings (SSSR count). The molecule has 1 heterocycles. The maximum absolute atomic E-state index is 11.1. The molecule has 0 saturated carbocycles. The number of nitrogens with one attached hydrogen (secondary N) is 1. The summed E-state index contributed by atoms with van der Waals surface area (Å²) in [5, 5.41) is 7.96. The van der Waals surface area contributed by atoms with E-state index in [1.54, 1.807) is 0 Å². The Balaban J connectivity index is 1.42. The molecular formula is C26H25N3O2. The van der Waals surface area contributed by atoms with Gasteiger partial charge in [-0.3, -0.25) is 4.68 Å². The molecule has 0 aliphatic carbocycles. The summed E-state index contributed by atoms with van der Waals surface area (Å²) in [5.74, 6) is 1.61. The molecule has 1 aromatic heterocycles. The number of carbonyl (C=O) groups is 1. The first-order valence-corrected chi connectivity index (χ1v) is 10.4. The smallest absolute Gasteiger partial charge is 0.142 e. The van der Waals surface area contributed by atoms with Gasteiger partial charge in [-0.1, -0.05) is 37.3 Å². The van der Waals surface area contributed by atoms with Crippen molar-refractivity contribution in [3.63, 3.8) is 0 Å². The number of carbonyl (C=O) groups excluding carboxylic acids is 1. The Morgan fingerprint density at radius 2 is 1.74 bits per heavy atom. The largest absolute Gasteiger partial charge is 0.457 e. The van der Waals surface area contributed by atoms with Crippen LogP contribution in [0.5, 0.6) is 11.5 Å². The number of aromatic nitrogens is 2. The molecule has 156 valence electrons. The van der Waals surface area contributed by atoms with Gasteiger partial charge in [-0.05, 0) is 66.6 Å². The van der Waals surface area contributed by atoms with Crippen LogP contribution in [0.3, 0.4) is 0 Å². The van der Waals surface area contributed by atoms with Crippen LogP contribution in [0.25, 0.3) is 11.3 Å². The summed E-state index contributed by atoms with van der Waals surface area (Å²) in [7, 11) is 0. The van der Waals surface area contributed by atoms with Gasteiger partial charge in [0.05, 0.1) is 18.3 Å². The summed E-state index contributed by atoms with van der Waals surface area (Å²) in [5.41, 5.74) is 4.00. The molecule has 4 aromatic rings. The van der Waals surface area contributed by atoms with Crippen molar-refractivity contribution in [2.45, 2.75) is 25.9 Å². The van der Waals surface area contributed by atoms with Crippen LogP contribution in [0.4, 0.5) is 5.69 Å². The summed E-state index contributed by atoms with van der Waals surface area (Å²) in [6, 6.07) is 27.6. The molecule has 0 amide bonds. The van der Waals surface area contributed by atoms with Crippen molar-refractivity contribution in [1.29, 1.82) is 0 Å². The quantitative estimate of drug-likeness (QED) is 0.355. The second kappa shape index (κ2) is 9.76. The molecule has 3 aromatic carbocycles. The molecule has 0 spiro atoms. The van der Waals surface area contributed by atoms with Crippen molar-refractivity contribution in [1.82, 2.24) is 9.78 Å². The summed E-state index contributed by atoms with van der Waals surface area (Å²) in [6.45, 7) is 2.64. The Morgan fingerprint density at radius 3 is 2.48 bits per heavy atom. The van der Waals surface area contributed by atoms with Gasteiger partial charge >= 0.3 is 0 Å². The highest BCUT2D eigenvalue weighted by molar-refractivity contribution is 5.64. The Labute approximate surface area is 182 Å². The van der Waals surface area contributed by atoms with E-state index in [4.69, 9.17) is 9.84 Å². The first-order valence-electron chi connectivity index (χ1n) is 10.4. The van der Waals surface area contributed by atoms with E-state index in [0.29, 0.717) is 6.54 Å². The fraction of sp³-hybridized carbons (Fsp3) is 0.154. The molecule has 0 fully saturated rings. The number of hydrogen-bond acceptors (Lipinski definition) is 4. The fourth-order valence-electron chi connectivity index (χ4n) is 3.31. The molecule has 0 radical (unpaired) electrons. The zero-order chi connectivity index (χ0) is 21.5. The van der Waals surface area contributed by atoms with Crippen LogP contribution in [-0.2, 0) is 11.3 Å². The Morgan fingerprint density at radius 1 is 0.968 bits per heavy atom. The van der Waals surface area contributed by atoms with Crippen molar-refractivity contribution < 1.29 is 9.53 Å². The molecule has 0 bridgehead atoms. The molecule has 1 N–H and O–H groups in total. The number of para-hydroxylation sites is 1. The SMILES string of the molecule is CCC(C=O)Nc1cccc(Cn2ccc(-c3ccc(Oc4ccccc4)cc3)n2)c1. The third-order valence-electron chi connectivity index (χ3n) is 5.00. The summed E-state index contributed by atoms with van der Waals surface area (Å²) in [4.78, 5) is 11.1. The highest BCUT2D eigenvalue weighted by Crippen LogP contribution is 2.25. The second-order valence-electron chi connectivity index (χ2n) is 7.33. The number of aldehydes is 1. The predicted octanol–water partition coefficient (Wildman–Crippen LogP) is 5.78. The number of anilines is 1. The third kappa shape index (κ3) is 5.39. The van der Waals surface area contributed by atoms with Crippen molar-refractivity contribution in [3.05, 3.63) is 96.7 Å². The molecule has 1 atom stereocenters. The van der Waals surface area contributed by atoms with Gasteiger partial charge in [0.2, 0.25) is 0 Å². The van der Waals surface area contributed by atoms with Gasteiger partial charge in [-0.15, -0.1) is 0 Å². The monoisotopic (exact) mass is 411 g/mol. The van der Waals surface area contributed by atoms with Crippen molar-refractivity contribution >= 4 is 12.0 Å². The van der Waals surface area contributed by atoms with Crippen LogP contribution < -0.4 is 10.1 Å². The maximum Gasteiger partial charge on any atom is 0.142 e. The van der Waals surface area contributed by atoms with E-state index in [-0.39, 0.29) is 6.04 Å². The van der Waals surface area contributed by atoms with Gasteiger partial charge in [0.25, 0.3) is 0 Å². The summed E-state index contributed by atoms with van der Waals surface area (Å²) in [6.07, 6.45) is 3.68. The zero-order valence-electron chi connectivity index (χ0n) is 17.4. The third-order valence-corrected chi connectivity index (χ3v) is 5.00. The predicted molar refractivity (Wildman–Crippen MR) is 123 cm³/mol. The lowest BCUT2D eigenvalue weighted by molar-refractivity contribution is -0.108. The number of benzene rings is 3. The van der Waals surface area contributed by atoms with Crippen LogP contribution in [0, 0.1) is 0 Å². The van der Waals surface area contributed by atoms with Crippen LogP contribution >= 0.6 is 0 Å². The van der Waals surface area contributed by atoms with Gasteiger partial charge in [0.1, 0.15) is 17.8 Å². The molecular weight excluding hydrogens is 386 g/mol. The average molecular weight is 412 g/mol. The molecule has 5 nitrogen and oxygen atoms in total. The van der Waals surface area contributed by atoms with Gasteiger partial charge in [0.15, 0.2) is 0 Å². The van der Waals surface area contributed by atoms with Gasteiger partial charge in [0, 0.05) is 17.4 Å². The standard InChI is InChI=1S/C26H25N3O2/c1-2-22(19-30)27-23-8-6-7-20(17-23)18-29-16-15-26(28-29)21-11-13-25(14-12-21)31-24-9-4-3-5-10-24/h3-17,19,22,27H,2,18H2,1H3. The highest BCUT2D eigenvalue weighted by atomic mass is 16.5. The normalized spacial score (nSPS) is 11.6. The van der Waals surface area contributed by atoms with Crippen LogP contribution in [0.2, 0.25) is 0 Å². The fourth-order valence-corrected chi connectivity index (χ4v) is 3.31. The zero-order valence-corrected chi connectivity index (χ0v) is 17.4. The van der Waals surface area contributed by atoms with E-state index in [2.05, 4.69) is 17.4 Å². The lowest BCUT2D eigenvalue weighted by atomic mass is 10.1. The van der Waals surface area contributed by atoms with Gasteiger partial charge < -0.3 is 14.8 Å². The van der Waals surface area contributed by atoms with E-state index >= 15 is 0 Å². The van der Waals surface area contributed by atoms with E-state index in [1.807, 2.05) is 90.6 Å². The van der Waals surface area contributed by atoms with Crippen molar-refractivity contribution in [2.24, 2.45) is 0 Å². The number of rotatable bonds is 9. The maximum atomic E-state index is 11.1. The molecule has 0 saturated heterocycles. The van der Waals surface area contributed by atoms with Crippen molar-refractivity contribution in [2.75, 3.05) is 5.32 Å². The molecule has 31 heavy (non-hydrogen) atoms. The molecule has 5 heteroatoms. The van der Waals surface area contributed by atoms with E-state index in [1.165, 1.54) is 0 Å². The van der Waals surface area contributed by atoms with E-state index in [9.17, 15) is 4.79 Å². The van der Waals surface area contributed by atoms with Gasteiger partial charge in [-0.2, -0.15) is 5.10 Å². The topological polar surface area (TPSA) is 56.2 Å². The Bertz CT molecular complexity index is 1120. The number of ether oxygens (including phenoxy) is 1. The minimum atomic E-state index is -0.166. The summed E-state index contributed by atoms with van der Waals surface area (Å²) < 4.78 is 7.77. The van der Waals surface area contributed by atoms with E-state index < -0.39 is 0 Å². The molecule has 0 aliphatic heterocycles. The Hall–Kier alpha value is -3.86. The van der Waals surface area contributed by atoms with Crippen LogP contribution in [-0.4, -0.2) is 22.1 Å². The number of hydrogen-bond donors (Lipinski definition) is 1. The first kappa shape index (κ1) is 20.4. The van der Waals surface area contributed by atoms with Gasteiger partial charge in [-0.25, -0.2) is 0 Å². The van der Waals surface area contributed by atoms with Crippen molar-refractivity contribution in [3.8, 4) is 22.8 Å². The lowest BCUT2D eigenvalue weighted by Crippen LogP contribution is -2.19. The lowest BCUT2D eigenvalue weighted by Gasteiger charge is -2.13. The number of nitrogens with zero attached hydrogens (tertiary/aromatic N) is 2. The second-order valence-corrected chi connectivity index (χ2v) is 7.33. The average Bonchev–Trinajstić information content (AvgIpc) is 3.27. The summed E-state index contributed by atoms with van der Waals surface area (Å²) >= 11 is 0. The first-order chi connectivity index (χ1) is 15.2. The van der Waals surface area contributed by atoms with E-state index in [0.717, 1.165) is 46.7 Å². The minimum absolute atomic E-state index is 0.166. The highest BCUT2D eigenvalue weighted by Gasteiger charge is 2.07. The minimum Gasteiger partial charge on any atom is -0.457 e. The van der Waals surface area contributed by atoms with Crippen LogP contribution in [0.15, 0.2) is 91.1 Å². The van der Waals surface area contributed by atoms with Crippen LogP contribution in [0.1, 0.15) is 18.9 Å².